The van der Waals surface area contributed by atoms with Crippen LogP contribution in [0.5, 0.6) is 0 Å². The van der Waals surface area contributed by atoms with Crippen LogP contribution < -0.4 is 5.32 Å². The molecule has 1 fully saturated rings. The monoisotopic (exact) mass is 275 g/mol. The largest absolute Gasteiger partial charge is 0.377 e. The van der Waals surface area contributed by atoms with Crippen LogP contribution >= 0.6 is 0 Å². The first-order valence-corrected chi connectivity index (χ1v) is 7.92. The van der Waals surface area contributed by atoms with E-state index in [9.17, 15) is 0 Å². The van der Waals surface area contributed by atoms with E-state index in [1.54, 1.807) is 0 Å². The number of rotatable bonds is 4. The molecule has 1 heterocycles. The molecule has 20 heavy (non-hydrogen) atoms. The van der Waals surface area contributed by atoms with E-state index >= 15 is 0 Å². The second kappa shape index (κ2) is 6.73. The van der Waals surface area contributed by atoms with Crippen molar-refractivity contribution in [3.63, 3.8) is 0 Å². The second-order valence-corrected chi connectivity index (χ2v) is 6.99. The molecule has 0 spiro atoms. The Morgan fingerprint density at radius 1 is 1.20 bits per heavy atom. The molecule has 1 aromatic carbocycles. The van der Waals surface area contributed by atoms with Gasteiger partial charge in [-0.3, -0.25) is 0 Å². The highest BCUT2D eigenvalue weighted by atomic mass is 16.5. The summed E-state index contributed by atoms with van der Waals surface area (Å²) in [6, 6.07) is 9.39. The Labute approximate surface area is 123 Å². The first-order valence-electron chi connectivity index (χ1n) is 7.92. The molecular formula is C18H29NO. The summed E-state index contributed by atoms with van der Waals surface area (Å²) in [6.07, 6.45) is 4.13. The third-order valence-electron chi connectivity index (χ3n) is 4.20. The van der Waals surface area contributed by atoms with Gasteiger partial charge in [0, 0.05) is 19.2 Å². The summed E-state index contributed by atoms with van der Waals surface area (Å²) in [7, 11) is 0. The lowest BCUT2D eigenvalue weighted by Crippen LogP contribution is -2.33. The maximum atomic E-state index is 5.77. The molecule has 2 atom stereocenters. The van der Waals surface area contributed by atoms with Crippen molar-refractivity contribution in [2.24, 2.45) is 0 Å². The third-order valence-corrected chi connectivity index (χ3v) is 4.20. The number of ether oxygens (including phenoxy) is 1. The van der Waals surface area contributed by atoms with Crippen LogP contribution in [0.3, 0.4) is 0 Å². The van der Waals surface area contributed by atoms with Gasteiger partial charge in [-0.25, -0.2) is 0 Å². The molecule has 1 aliphatic rings. The van der Waals surface area contributed by atoms with Crippen molar-refractivity contribution in [3.05, 3.63) is 35.4 Å². The minimum Gasteiger partial charge on any atom is -0.377 e. The summed E-state index contributed by atoms with van der Waals surface area (Å²) in [4.78, 5) is 0. The van der Waals surface area contributed by atoms with E-state index in [0.29, 0.717) is 12.1 Å². The SMILES string of the molecule is CC(NCC1CCCCO1)c1ccc(C(C)(C)C)cc1. The van der Waals surface area contributed by atoms with E-state index < -0.39 is 0 Å². The molecule has 2 heteroatoms. The van der Waals surface area contributed by atoms with Gasteiger partial charge in [0.25, 0.3) is 0 Å². The van der Waals surface area contributed by atoms with Gasteiger partial charge in [-0.2, -0.15) is 0 Å². The molecule has 112 valence electrons. The fourth-order valence-electron chi connectivity index (χ4n) is 2.67. The molecule has 0 saturated carbocycles. The van der Waals surface area contributed by atoms with Gasteiger partial charge in [-0.05, 0) is 42.7 Å². The predicted octanol–water partition coefficient (Wildman–Crippen LogP) is 4.20. The Morgan fingerprint density at radius 3 is 2.45 bits per heavy atom. The summed E-state index contributed by atoms with van der Waals surface area (Å²) in [5.41, 5.74) is 2.98. The molecule has 0 bridgehead atoms. The van der Waals surface area contributed by atoms with Crippen LogP contribution in [0.25, 0.3) is 0 Å². The van der Waals surface area contributed by atoms with Crippen LogP contribution in [-0.4, -0.2) is 19.3 Å². The predicted molar refractivity (Wildman–Crippen MR) is 85.2 cm³/mol. The molecule has 1 aromatic rings. The maximum absolute atomic E-state index is 5.77. The summed E-state index contributed by atoms with van der Waals surface area (Å²) >= 11 is 0. The molecule has 0 aliphatic carbocycles. The minimum atomic E-state index is 0.227. The van der Waals surface area contributed by atoms with Gasteiger partial charge in [-0.1, -0.05) is 45.0 Å². The zero-order chi connectivity index (χ0) is 14.6. The Bertz CT molecular complexity index is 398. The van der Waals surface area contributed by atoms with Gasteiger partial charge in [0.15, 0.2) is 0 Å². The normalized spacial score (nSPS) is 21.7. The Balaban J connectivity index is 1.87. The van der Waals surface area contributed by atoms with E-state index in [1.807, 2.05) is 0 Å². The van der Waals surface area contributed by atoms with Crippen LogP contribution in [0.2, 0.25) is 0 Å². The van der Waals surface area contributed by atoms with Gasteiger partial charge in [-0.15, -0.1) is 0 Å². The van der Waals surface area contributed by atoms with Gasteiger partial charge in [0.1, 0.15) is 0 Å². The highest BCUT2D eigenvalue weighted by Gasteiger charge is 2.16. The van der Waals surface area contributed by atoms with E-state index in [1.165, 1.54) is 30.4 Å². The van der Waals surface area contributed by atoms with Crippen LogP contribution in [-0.2, 0) is 10.2 Å². The maximum Gasteiger partial charge on any atom is 0.0699 e. The molecule has 2 unspecified atom stereocenters. The lowest BCUT2D eigenvalue weighted by molar-refractivity contribution is 0.0156. The van der Waals surface area contributed by atoms with Crippen molar-refractivity contribution in [2.75, 3.05) is 13.2 Å². The molecule has 0 aromatic heterocycles. The van der Waals surface area contributed by atoms with Crippen molar-refractivity contribution in [3.8, 4) is 0 Å². The molecule has 0 amide bonds. The number of benzene rings is 1. The summed E-state index contributed by atoms with van der Waals surface area (Å²) < 4.78 is 5.77. The highest BCUT2D eigenvalue weighted by molar-refractivity contribution is 5.29. The summed E-state index contributed by atoms with van der Waals surface area (Å²) in [5.74, 6) is 0. The fraction of sp³-hybridized carbons (Fsp3) is 0.667. The van der Waals surface area contributed by atoms with Crippen molar-refractivity contribution in [1.82, 2.24) is 5.32 Å². The van der Waals surface area contributed by atoms with Crippen molar-refractivity contribution >= 4 is 0 Å². The summed E-state index contributed by atoms with van der Waals surface area (Å²) in [5, 5.41) is 3.60. The quantitative estimate of drug-likeness (QED) is 0.889. The topological polar surface area (TPSA) is 21.3 Å². The minimum absolute atomic E-state index is 0.227. The molecule has 1 N–H and O–H groups in total. The van der Waals surface area contributed by atoms with Crippen molar-refractivity contribution in [2.45, 2.75) is 64.5 Å². The Morgan fingerprint density at radius 2 is 1.90 bits per heavy atom. The van der Waals surface area contributed by atoms with Crippen molar-refractivity contribution in [1.29, 1.82) is 0 Å². The average molecular weight is 275 g/mol. The Kier molecular flexibility index (Phi) is 5.22. The molecule has 2 rings (SSSR count). The first kappa shape index (κ1) is 15.5. The third kappa shape index (κ3) is 4.32. The zero-order valence-electron chi connectivity index (χ0n) is 13.4. The number of nitrogens with one attached hydrogen (secondary N) is 1. The van der Waals surface area contributed by atoms with Gasteiger partial charge < -0.3 is 10.1 Å². The van der Waals surface area contributed by atoms with Gasteiger partial charge >= 0.3 is 0 Å². The Hall–Kier alpha value is -0.860. The molecule has 2 nitrogen and oxygen atoms in total. The lowest BCUT2D eigenvalue weighted by Gasteiger charge is -2.25. The second-order valence-electron chi connectivity index (χ2n) is 6.99. The average Bonchev–Trinajstić information content (AvgIpc) is 2.45. The summed E-state index contributed by atoms with van der Waals surface area (Å²) in [6.45, 7) is 10.9. The zero-order valence-corrected chi connectivity index (χ0v) is 13.4. The van der Waals surface area contributed by atoms with E-state index in [4.69, 9.17) is 4.74 Å². The number of hydrogen-bond donors (Lipinski definition) is 1. The van der Waals surface area contributed by atoms with Gasteiger partial charge in [0.05, 0.1) is 6.10 Å². The molecule has 0 radical (unpaired) electrons. The van der Waals surface area contributed by atoms with Crippen molar-refractivity contribution < 1.29 is 4.74 Å². The van der Waals surface area contributed by atoms with E-state index in [0.717, 1.165) is 13.2 Å². The van der Waals surface area contributed by atoms with Crippen LogP contribution in [0.4, 0.5) is 0 Å². The van der Waals surface area contributed by atoms with E-state index in [-0.39, 0.29) is 5.41 Å². The lowest BCUT2D eigenvalue weighted by atomic mass is 9.86. The van der Waals surface area contributed by atoms with E-state index in [2.05, 4.69) is 57.3 Å². The fourth-order valence-corrected chi connectivity index (χ4v) is 2.67. The molecule has 1 saturated heterocycles. The molecular weight excluding hydrogens is 246 g/mol. The standard InChI is InChI=1S/C18H29NO/c1-14(19-13-17-7-5-6-12-20-17)15-8-10-16(11-9-15)18(2,3)4/h8-11,14,17,19H,5-7,12-13H2,1-4H3. The number of hydrogen-bond acceptors (Lipinski definition) is 2. The highest BCUT2D eigenvalue weighted by Crippen LogP contribution is 2.24. The van der Waals surface area contributed by atoms with Crippen LogP contribution in [0.1, 0.15) is 64.1 Å². The van der Waals surface area contributed by atoms with Gasteiger partial charge in [0.2, 0.25) is 0 Å². The smallest absolute Gasteiger partial charge is 0.0699 e. The van der Waals surface area contributed by atoms with Crippen LogP contribution in [0.15, 0.2) is 24.3 Å². The first-order chi connectivity index (χ1) is 9.47. The van der Waals surface area contributed by atoms with Crippen LogP contribution in [0, 0.1) is 0 Å². The molecule has 1 aliphatic heterocycles.